The molecular formula is C9H13N7O. The molecule has 1 fully saturated rings. The molecule has 0 aliphatic heterocycles. The standard InChI is InChI=1S/C9H13N7O/c10-13-8-7-9(12-4-11-8)16(15-14-7)3-6(17)5-1-2-5/h4-6,17H,1-3,10H2,(H,11,12,13). The number of rotatable bonds is 4. The van der Waals surface area contributed by atoms with Crippen molar-refractivity contribution in [2.45, 2.75) is 25.5 Å². The van der Waals surface area contributed by atoms with Gasteiger partial charge in [-0.25, -0.2) is 20.5 Å². The Balaban J connectivity index is 1.94. The summed E-state index contributed by atoms with van der Waals surface area (Å²) in [5, 5.41) is 17.8. The monoisotopic (exact) mass is 235 g/mol. The molecule has 17 heavy (non-hydrogen) atoms. The van der Waals surface area contributed by atoms with Crippen molar-refractivity contribution in [3.8, 4) is 0 Å². The molecule has 2 aromatic rings. The van der Waals surface area contributed by atoms with Crippen molar-refractivity contribution in [3.63, 3.8) is 0 Å². The van der Waals surface area contributed by atoms with E-state index in [0.29, 0.717) is 29.4 Å². The van der Waals surface area contributed by atoms with Gasteiger partial charge in [-0.2, -0.15) is 0 Å². The largest absolute Gasteiger partial charge is 0.391 e. The van der Waals surface area contributed by atoms with Crippen LogP contribution in [0.5, 0.6) is 0 Å². The normalized spacial score (nSPS) is 17.3. The van der Waals surface area contributed by atoms with Gasteiger partial charge in [0.15, 0.2) is 17.0 Å². The van der Waals surface area contributed by atoms with Gasteiger partial charge in [-0.15, -0.1) is 5.10 Å². The topological polar surface area (TPSA) is 115 Å². The fraction of sp³-hybridized carbons (Fsp3) is 0.556. The molecule has 0 spiro atoms. The van der Waals surface area contributed by atoms with Crippen LogP contribution in [0.2, 0.25) is 0 Å². The van der Waals surface area contributed by atoms with Crippen molar-refractivity contribution in [2.75, 3.05) is 5.43 Å². The van der Waals surface area contributed by atoms with E-state index in [-0.39, 0.29) is 6.10 Å². The number of nitrogens with two attached hydrogens (primary N) is 1. The Hall–Kier alpha value is -1.80. The number of anilines is 1. The summed E-state index contributed by atoms with van der Waals surface area (Å²) in [5.74, 6) is 6.14. The minimum atomic E-state index is -0.385. The van der Waals surface area contributed by atoms with Crippen molar-refractivity contribution in [2.24, 2.45) is 11.8 Å². The van der Waals surface area contributed by atoms with Gasteiger partial charge in [0.25, 0.3) is 0 Å². The maximum absolute atomic E-state index is 9.87. The van der Waals surface area contributed by atoms with E-state index in [1.54, 1.807) is 4.68 Å². The van der Waals surface area contributed by atoms with Crippen molar-refractivity contribution in [3.05, 3.63) is 6.33 Å². The maximum Gasteiger partial charge on any atom is 0.183 e. The fourth-order valence-electron chi connectivity index (χ4n) is 1.83. The first-order valence-corrected chi connectivity index (χ1v) is 5.48. The Morgan fingerprint density at radius 2 is 2.35 bits per heavy atom. The number of fused-ring (bicyclic) bond motifs is 1. The molecule has 8 heteroatoms. The SMILES string of the molecule is NNc1ncnc2c1nnn2CC(O)C1CC1. The van der Waals surface area contributed by atoms with E-state index in [0.717, 1.165) is 12.8 Å². The van der Waals surface area contributed by atoms with Crippen LogP contribution in [0.25, 0.3) is 11.2 Å². The zero-order valence-electron chi connectivity index (χ0n) is 9.11. The first-order chi connectivity index (χ1) is 8.29. The highest BCUT2D eigenvalue weighted by atomic mass is 16.3. The molecule has 8 nitrogen and oxygen atoms in total. The highest BCUT2D eigenvalue weighted by Crippen LogP contribution is 2.33. The third-order valence-electron chi connectivity index (χ3n) is 2.96. The molecule has 0 amide bonds. The predicted molar refractivity (Wildman–Crippen MR) is 59.7 cm³/mol. The molecule has 0 radical (unpaired) electrons. The van der Waals surface area contributed by atoms with Crippen LogP contribution in [0.15, 0.2) is 6.33 Å². The maximum atomic E-state index is 9.87. The summed E-state index contributed by atoms with van der Waals surface area (Å²) >= 11 is 0. The van der Waals surface area contributed by atoms with E-state index < -0.39 is 0 Å². The first kappa shape index (κ1) is 10.4. The quantitative estimate of drug-likeness (QED) is 0.473. The van der Waals surface area contributed by atoms with Crippen LogP contribution in [-0.2, 0) is 6.54 Å². The zero-order chi connectivity index (χ0) is 11.8. The number of aliphatic hydroxyl groups is 1. The average molecular weight is 235 g/mol. The van der Waals surface area contributed by atoms with Crippen molar-refractivity contribution >= 4 is 17.0 Å². The molecule has 2 heterocycles. The number of nitrogen functional groups attached to an aromatic ring is 1. The first-order valence-electron chi connectivity index (χ1n) is 5.48. The molecule has 3 rings (SSSR count). The molecule has 0 bridgehead atoms. The van der Waals surface area contributed by atoms with Crippen LogP contribution in [0.1, 0.15) is 12.8 Å². The molecule has 0 saturated heterocycles. The minimum Gasteiger partial charge on any atom is -0.391 e. The van der Waals surface area contributed by atoms with Crippen molar-refractivity contribution in [1.29, 1.82) is 0 Å². The lowest BCUT2D eigenvalue weighted by Gasteiger charge is -2.08. The lowest BCUT2D eigenvalue weighted by molar-refractivity contribution is 0.127. The predicted octanol–water partition coefficient (Wildman–Crippen LogP) is -0.722. The van der Waals surface area contributed by atoms with Crippen molar-refractivity contribution in [1.82, 2.24) is 25.0 Å². The molecular weight excluding hydrogens is 222 g/mol. The number of hydrogen-bond donors (Lipinski definition) is 3. The van der Waals surface area contributed by atoms with Crippen LogP contribution in [0.3, 0.4) is 0 Å². The van der Waals surface area contributed by atoms with E-state index >= 15 is 0 Å². The van der Waals surface area contributed by atoms with Gasteiger partial charge in [-0.3, -0.25) is 0 Å². The van der Waals surface area contributed by atoms with Gasteiger partial charge in [-0.1, -0.05) is 5.21 Å². The Morgan fingerprint density at radius 1 is 1.53 bits per heavy atom. The minimum absolute atomic E-state index is 0.385. The number of aromatic nitrogens is 5. The Labute approximate surface area is 96.8 Å². The van der Waals surface area contributed by atoms with Crippen LogP contribution in [-0.4, -0.2) is 36.2 Å². The summed E-state index contributed by atoms with van der Waals surface area (Å²) in [6.45, 7) is 0.405. The lowest BCUT2D eigenvalue weighted by Crippen LogP contribution is -2.19. The third kappa shape index (κ3) is 1.81. The van der Waals surface area contributed by atoms with Gasteiger partial charge < -0.3 is 10.5 Å². The smallest absolute Gasteiger partial charge is 0.183 e. The Kier molecular flexibility index (Phi) is 2.37. The number of nitrogens with zero attached hydrogens (tertiary/aromatic N) is 5. The van der Waals surface area contributed by atoms with E-state index in [1.807, 2.05) is 0 Å². The summed E-state index contributed by atoms with van der Waals surface area (Å²) in [5.41, 5.74) is 3.53. The molecule has 1 aliphatic carbocycles. The van der Waals surface area contributed by atoms with Gasteiger partial charge in [-0.05, 0) is 18.8 Å². The van der Waals surface area contributed by atoms with Gasteiger partial charge in [0.2, 0.25) is 0 Å². The number of hydrogen-bond acceptors (Lipinski definition) is 7. The zero-order valence-corrected chi connectivity index (χ0v) is 9.11. The Morgan fingerprint density at radius 3 is 3.06 bits per heavy atom. The van der Waals surface area contributed by atoms with Crippen LogP contribution in [0.4, 0.5) is 5.82 Å². The summed E-state index contributed by atoms with van der Waals surface area (Å²) in [7, 11) is 0. The van der Waals surface area contributed by atoms with Crippen LogP contribution >= 0.6 is 0 Å². The van der Waals surface area contributed by atoms with E-state index in [4.69, 9.17) is 5.84 Å². The van der Waals surface area contributed by atoms with Gasteiger partial charge in [0.1, 0.15) is 6.33 Å². The summed E-state index contributed by atoms with van der Waals surface area (Å²) < 4.78 is 1.58. The second-order valence-corrected chi connectivity index (χ2v) is 4.22. The number of aliphatic hydroxyl groups excluding tert-OH is 1. The van der Waals surface area contributed by atoms with Gasteiger partial charge in [0.05, 0.1) is 12.6 Å². The summed E-state index contributed by atoms with van der Waals surface area (Å²) in [6, 6.07) is 0. The average Bonchev–Trinajstić information content (AvgIpc) is 3.12. The fourth-order valence-corrected chi connectivity index (χ4v) is 1.83. The van der Waals surface area contributed by atoms with Crippen molar-refractivity contribution < 1.29 is 5.11 Å². The second-order valence-electron chi connectivity index (χ2n) is 4.22. The van der Waals surface area contributed by atoms with E-state index in [9.17, 15) is 5.11 Å². The number of nitrogens with one attached hydrogen (secondary N) is 1. The molecule has 1 aliphatic rings. The molecule has 4 N–H and O–H groups in total. The molecule has 0 aromatic carbocycles. The Bertz CT molecular complexity index is 535. The molecule has 1 unspecified atom stereocenters. The molecule has 90 valence electrons. The third-order valence-corrected chi connectivity index (χ3v) is 2.96. The lowest BCUT2D eigenvalue weighted by atomic mass is 10.2. The van der Waals surface area contributed by atoms with Gasteiger partial charge in [0, 0.05) is 0 Å². The highest BCUT2D eigenvalue weighted by Gasteiger charge is 2.30. The van der Waals surface area contributed by atoms with E-state index in [1.165, 1.54) is 6.33 Å². The van der Waals surface area contributed by atoms with Gasteiger partial charge >= 0.3 is 0 Å². The molecule has 1 atom stereocenters. The van der Waals surface area contributed by atoms with Crippen LogP contribution < -0.4 is 11.3 Å². The molecule has 2 aromatic heterocycles. The molecule has 1 saturated carbocycles. The second kappa shape index (κ2) is 3.90. The highest BCUT2D eigenvalue weighted by molar-refractivity contribution is 5.81. The summed E-state index contributed by atoms with van der Waals surface area (Å²) in [4.78, 5) is 8.04. The van der Waals surface area contributed by atoms with Crippen LogP contribution in [0, 0.1) is 5.92 Å². The summed E-state index contributed by atoms with van der Waals surface area (Å²) in [6.07, 6.45) is 3.17. The van der Waals surface area contributed by atoms with E-state index in [2.05, 4.69) is 25.7 Å². The number of hydrazine groups is 1.